The molecule has 3 rings (SSSR count). The van der Waals surface area contributed by atoms with Gasteiger partial charge >= 0.3 is 5.97 Å². The fraction of sp³-hybridized carbons (Fsp3) is 0.333. The van der Waals surface area contributed by atoms with Gasteiger partial charge in [-0.3, -0.25) is 4.79 Å². The third kappa shape index (κ3) is 5.45. The molecule has 1 N–H and O–H groups in total. The number of amides is 1. The van der Waals surface area contributed by atoms with Crippen LogP contribution in [0, 0.1) is 0 Å². The van der Waals surface area contributed by atoms with Crippen molar-refractivity contribution in [3.63, 3.8) is 0 Å². The summed E-state index contributed by atoms with van der Waals surface area (Å²) < 4.78 is 11.1. The van der Waals surface area contributed by atoms with Crippen molar-refractivity contribution in [2.24, 2.45) is 0 Å². The van der Waals surface area contributed by atoms with Crippen LogP contribution in [-0.4, -0.2) is 36.1 Å². The molecule has 1 fully saturated rings. The zero-order valence-electron chi connectivity index (χ0n) is 15.8. The highest BCUT2D eigenvalue weighted by atomic mass is 32.2. The number of benzene rings is 2. The van der Waals surface area contributed by atoms with Gasteiger partial charge < -0.3 is 14.8 Å². The summed E-state index contributed by atoms with van der Waals surface area (Å²) in [6.07, 6.45) is -0.903. The van der Waals surface area contributed by atoms with Crippen molar-refractivity contribution >= 4 is 41.1 Å². The van der Waals surface area contributed by atoms with Gasteiger partial charge in [0.1, 0.15) is 5.75 Å². The summed E-state index contributed by atoms with van der Waals surface area (Å²) in [5, 5.41) is 2.74. The van der Waals surface area contributed by atoms with E-state index in [-0.39, 0.29) is 5.91 Å². The van der Waals surface area contributed by atoms with Crippen molar-refractivity contribution in [3.8, 4) is 5.75 Å². The van der Waals surface area contributed by atoms with E-state index in [4.69, 9.17) is 9.47 Å². The topological polar surface area (TPSA) is 64.6 Å². The number of rotatable bonds is 7. The summed E-state index contributed by atoms with van der Waals surface area (Å²) in [4.78, 5) is 24.6. The largest absolute Gasteiger partial charge is 0.494 e. The van der Waals surface area contributed by atoms with Crippen LogP contribution < -0.4 is 10.1 Å². The molecule has 7 heteroatoms. The van der Waals surface area contributed by atoms with E-state index in [0.717, 1.165) is 17.3 Å². The van der Waals surface area contributed by atoms with E-state index >= 15 is 0 Å². The molecule has 0 aromatic heterocycles. The number of anilines is 1. The van der Waals surface area contributed by atoms with E-state index in [1.54, 1.807) is 43.3 Å². The Kier molecular flexibility index (Phi) is 7.28. The molecule has 1 amide bonds. The molecule has 148 valence electrons. The summed E-state index contributed by atoms with van der Waals surface area (Å²) in [7, 11) is 0. The molecule has 28 heavy (non-hydrogen) atoms. The van der Waals surface area contributed by atoms with Gasteiger partial charge in [0, 0.05) is 17.2 Å². The highest BCUT2D eigenvalue weighted by Gasteiger charge is 2.21. The van der Waals surface area contributed by atoms with Gasteiger partial charge in [0.15, 0.2) is 6.10 Å². The van der Waals surface area contributed by atoms with Crippen molar-refractivity contribution in [2.75, 3.05) is 23.4 Å². The number of nitrogens with one attached hydrogen (secondary N) is 1. The minimum absolute atomic E-state index is 0.382. The molecule has 0 aliphatic carbocycles. The number of hydrogen-bond acceptors (Lipinski definition) is 6. The van der Waals surface area contributed by atoms with Gasteiger partial charge in [-0.15, -0.1) is 23.5 Å². The number of esters is 1. The van der Waals surface area contributed by atoms with Gasteiger partial charge in [0.05, 0.1) is 16.8 Å². The average Bonchev–Trinajstić information content (AvgIpc) is 3.24. The smallest absolute Gasteiger partial charge is 0.338 e. The molecule has 0 radical (unpaired) electrons. The Bertz CT molecular complexity index is 802. The molecular weight excluding hydrogens is 394 g/mol. The van der Waals surface area contributed by atoms with Gasteiger partial charge in [0.25, 0.3) is 5.91 Å². The van der Waals surface area contributed by atoms with Gasteiger partial charge in [-0.25, -0.2) is 4.79 Å². The molecular formula is C21H23NO4S2. The average molecular weight is 418 g/mol. The van der Waals surface area contributed by atoms with Crippen LogP contribution >= 0.6 is 23.5 Å². The van der Waals surface area contributed by atoms with Crippen molar-refractivity contribution in [3.05, 3.63) is 59.7 Å². The third-order valence-electron chi connectivity index (χ3n) is 4.13. The number of thioether (sulfide) groups is 2. The third-order valence-corrected chi connectivity index (χ3v) is 7.23. The van der Waals surface area contributed by atoms with Crippen LogP contribution in [-0.2, 0) is 9.53 Å². The lowest BCUT2D eigenvalue weighted by atomic mass is 10.1. The van der Waals surface area contributed by atoms with Crippen LogP contribution in [0.4, 0.5) is 5.69 Å². The molecule has 2 aromatic carbocycles. The van der Waals surface area contributed by atoms with E-state index in [1.807, 2.05) is 42.6 Å². The van der Waals surface area contributed by atoms with Crippen LogP contribution in [0.25, 0.3) is 0 Å². The predicted octanol–water partition coefficient (Wildman–Crippen LogP) is 4.75. The first-order valence-electron chi connectivity index (χ1n) is 9.14. The van der Waals surface area contributed by atoms with Crippen molar-refractivity contribution < 1.29 is 19.1 Å². The summed E-state index contributed by atoms with van der Waals surface area (Å²) in [6.45, 7) is 4.05. The fourth-order valence-corrected chi connectivity index (χ4v) is 5.51. The van der Waals surface area contributed by atoms with Crippen molar-refractivity contribution in [2.45, 2.75) is 24.5 Å². The second kappa shape index (κ2) is 9.89. The molecule has 1 saturated heterocycles. The SMILES string of the molecule is CCOc1ccc(NC(=O)[C@H](C)OC(=O)c2ccc(C3SCCS3)cc2)cc1. The second-order valence-electron chi connectivity index (χ2n) is 6.19. The lowest BCUT2D eigenvalue weighted by Crippen LogP contribution is -2.30. The zero-order chi connectivity index (χ0) is 19.9. The Morgan fingerprint density at radius 1 is 1.07 bits per heavy atom. The Balaban J connectivity index is 1.53. The Labute approximate surface area is 173 Å². The maximum atomic E-state index is 12.3. The lowest BCUT2D eigenvalue weighted by molar-refractivity contribution is -0.123. The van der Waals surface area contributed by atoms with Crippen LogP contribution in [0.5, 0.6) is 5.75 Å². The maximum absolute atomic E-state index is 12.3. The van der Waals surface area contributed by atoms with E-state index in [9.17, 15) is 9.59 Å². The van der Waals surface area contributed by atoms with Gasteiger partial charge in [-0.1, -0.05) is 12.1 Å². The minimum atomic E-state index is -0.903. The monoisotopic (exact) mass is 417 g/mol. The Morgan fingerprint density at radius 2 is 1.71 bits per heavy atom. The quantitative estimate of drug-likeness (QED) is 0.656. The molecule has 5 nitrogen and oxygen atoms in total. The standard InChI is InChI=1S/C21H23NO4S2/c1-3-25-18-10-8-17(9-11-18)22-19(23)14(2)26-20(24)15-4-6-16(7-5-15)21-27-12-13-28-21/h4-11,14,21H,3,12-13H2,1-2H3,(H,22,23)/t14-/m0/s1. The summed E-state index contributed by atoms with van der Waals surface area (Å²) in [6, 6.07) is 14.5. The van der Waals surface area contributed by atoms with E-state index in [0.29, 0.717) is 22.4 Å². The van der Waals surface area contributed by atoms with Crippen LogP contribution in [0.1, 0.15) is 34.4 Å². The first kappa shape index (κ1) is 20.6. The van der Waals surface area contributed by atoms with Gasteiger partial charge in [-0.2, -0.15) is 0 Å². The molecule has 0 unspecified atom stereocenters. The molecule has 1 atom stereocenters. The minimum Gasteiger partial charge on any atom is -0.494 e. The van der Waals surface area contributed by atoms with Crippen molar-refractivity contribution in [1.82, 2.24) is 0 Å². The predicted molar refractivity (Wildman–Crippen MR) is 115 cm³/mol. The Morgan fingerprint density at radius 3 is 2.32 bits per heavy atom. The maximum Gasteiger partial charge on any atom is 0.338 e. The second-order valence-corrected chi connectivity index (χ2v) is 8.91. The van der Waals surface area contributed by atoms with E-state index in [1.165, 1.54) is 5.56 Å². The molecule has 0 saturated carbocycles. The van der Waals surface area contributed by atoms with E-state index in [2.05, 4.69) is 5.32 Å². The zero-order valence-corrected chi connectivity index (χ0v) is 17.5. The number of carbonyl (C=O) groups is 2. The van der Waals surface area contributed by atoms with Crippen LogP contribution in [0.3, 0.4) is 0 Å². The summed E-state index contributed by atoms with van der Waals surface area (Å²) in [5.41, 5.74) is 2.26. The van der Waals surface area contributed by atoms with Gasteiger partial charge in [0.2, 0.25) is 0 Å². The molecule has 0 spiro atoms. The summed E-state index contributed by atoms with van der Waals surface area (Å²) in [5.74, 6) is 2.15. The summed E-state index contributed by atoms with van der Waals surface area (Å²) >= 11 is 3.83. The van der Waals surface area contributed by atoms with Crippen LogP contribution in [0.15, 0.2) is 48.5 Å². The molecule has 1 aliphatic rings. The first-order valence-corrected chi connectivity index (χ1v) is 11.2. The molecule has 1 heterocycles. The fourth-order valence-electron chi connectivity index (χ4n) is 2.65. The number of carbonyl (C=O) groups excluding carboxylic acids is 2. The highest BCUT2D eigenvalue weighted by Crippen LogP contribution is 2.45. The van der Waals surface area contributed by atoms with Crippen molar-refractivity contribution in [1.29, 1.82) is 0 Å². The lowest BCUT2D eigenvalue weighted by Gasteiger charge is -2.14. The first-order chi connectivity index (χ1) is 13.6. The van der Waals surface area contributed by atoms with E-state index < -0.39 is 12.1 Å². The molecule has 1 aliphatic heterocycles. The molecule has 0 bridgehead atoms. The number of ether oxygens (including phenoxy) is 2. The Hall–Kier alpha value is -2.12. The highest BCUT2D eigenvalue weighted by molar-refractivity contribution is 8.19. The molecule has 2 aromatic rings. The van der Waals surface area contributed by atoms with Crippen LogP contribution in [0.2, 0.25) is 0 Å². The van der Waals surface area contributed by atoms with Gasteiger partial charge in [-0.05, 0) is 55.8 Å². The number of hydrogen-bond donors (Lipinski definition) is 1. The normalized spacial score (nSPS) is 15.1.